The fraction of sp³-hybridized carbons (Fsp3) is 0.867. The highest BCUT2D eigenvalue weighted by Crippen LogP contribution is 2.31. The second-order valence-electron chi connectivity index (χ2n) is 7.03. The molecule has 7 heteroatoms. The van der Waals surface area contributed by atoms with E-state index >= 15 is 0 Å². The zero-order chi connectivity index (χ0) is 16.3. The number of amides is 2. The second kappa shape index (κ2) is 6.98. The molecule has 126 valence electrons. The van der Waals surface area contributed by atoms with E-state index in [0.717, 1.165) is 18.6 Å². The minimum Gasteiger partial charge on any atom is -0.333 e. The van der Waals surface area contributed by atoms with Gasteiger partial charge in [0.05, 0.1) is 11.5 Å². The number of rotatable bonds is 3. The van der Waals surface area contributed by atoms with Gasteiger partial charge in [0.2, 0.25) is 0 Å². The summed E-state index contributed by atoms with van der Waals surface area (Å²) in [5, 5.41) is 7.01. The molecular weight excluding hydrogens is 302 g/mol. The van der Waals surface area contributed by atoms with Crippen molar-refractivity contribution in [3.63, 3.8) is 0 Å². The number of hydrogen-bond acceptors (Lipinski definition) is 4. The van der Waals surface area contributed by atoms with Crippen LogP contribution in [0.1, 0.15) is 46.5 Å². The molecular formula is C15H27N3O3S. The molecule has 0 aromatic heterocycles. The van der Waals surface area contributed by atoms with Crippen molar-refractivity contribution in [1.82, 2.24) is 10.7 Å². The molecule has 1 aliphatic carbocycles. The molecule has 2 rings (SSSR count). The Morgan fingerprint density at radius 1 is 1.27 bits per heavy atom. The maximum absolute atomic E-state index is 11.9. The zero-order valence-corrected chi connectivity index (χ0v) is 14.4. The number of nitrogens with zero attached hydrogens (tertiary/aromatic N) is 1. The van der Waals surface area contributed by atoms with Crippen molar-refractivity contribution in [3.8, 4) is 0 Å². The summed E-state index contributed by atoms with van der Waals surface area (Å²) in [6.07, 6.45) is 3.72. The van der Waals surface area contributed by atoms with Crippen LogP contribution in [0.25, 0.3) is 0 Å². The lowest BCUT2D eigenvalue weighted by atomic mass is 9.76. The molecule has 0 radical (unpaired) electrons. The van der Waals surface area contributed by atoms with Gasteiger partial charge in [-0.2, -0.15) is 5.10 Å². The Hall–Kier alpha value is -1.11. The summed E-state index contributed by atoms with van der Waals surface area (Å²) in [5.74, 6) is 1.71. The summed E-state index contributed by atoms with van der Waals surface area (Å²) in [4.78, 5) is 11.9. The van der Waals surface area contributed by atoms with Gasteiger partial charge in [-0.25, -0.2) is 18.6 Å². The monoisotopic (exact) mass is 329 g/mol. The van der Waals surface area contributed by atoms with Gasteiger partial charge in [0, 0.05) is 17.7 Å². The molecule has 3 atom stereocenters. The average Bonchev–Trinajstić information content (AvgIpc) is 2.75. The topological polar surface area (TPSA) is 87.6 Å². The minimum atomic E-state index is -2.98. The molecule has 1 saturated heterocycles. The number of hydrogen-bond donors (Lipinski definition) is 2. The molecule has 2 amide bonds. The molecule has 2 aliphatic rings. The summed E-state index contributed by atoms with van der Waals surface area (Å²) in [7, 11) is -2.98. The third-order valence-electron chi connectivity index (χ3n) is 4.63. The largest absolute Gasteiger partial charge is 0.335 e. The molecule has 2 N–H and O–H groups in total. The standard InChI is InChI=1S/C15H27N3O3S/c1-10(2)13-5-4-11(3)8-14(13)17-18-15(19)16-12-6-7-22(20,21)9-12/h10-13H,4-9H2,1-3H3,(H2,16,18,19). The van der Waals surface area contributed by atoms with Crippen molar-refractivity contribution < 1.29 is 13.2 Å². The third-order valence-corrected chi connectivity index (χ3v) is 6.40. The first-order valence-corrected chi connectivity index (χ1v) is 9.92. The highest BCUT2D eigenvalue weighted by Gasteiger charge is 2.29. The summed E-state index contributed by atoms with van der Waals surface area (Å²) in [6.45, 7) is 6.56. The maximum Gasteiger partial charge on any atom is 0.335 e. The molecule has 22 heavy (non-hydrogen) atoms. The summed E-state index contributed by atoms with van der Waals surface area (Å²) >= 11 is 0. The van der Waals surface area contributed by atoms with Crippen LogP contribution in [0.3, 0.4) is 0 Å². The lowest BCUT2D eigenvalue weighted by Crippen LogP contribution is -2.41. The van der Waals surface area contributed by atoms with Gasteiger partial charge in [-0.15, -0.1) is 0 Å². The number of hydrazone groups is 1. The van der Waals surface area contributed by atoms with Gasteiger partial charge in [0.1, 0.15) is 0 Å². The fourth-order valence-electron chi connectivity index (χ4n) is 3.34. The highest BCUT2D eigenvalue weighted by atomic mass is 32.2. The van der Waals surface area contributed by atoms with Gasteiger partial charge >= 0.3 is 6.03 Å². The zero-order valence-electron chi connectivity index (χ0n) is 13.6. The van der Waals surface area contributed by atoms with E-state index in [1.54, 1.807) is 0 Å². The van der Waals surface area contributed by atoms with E-state index in [4.69, 9.17) is 0 Å². The quantitative estimate of drug-likeness (QED) is 0.775. The molecule has 0 aromatic carbocycles. The van der Waals surface area contributed by atoms with Crippen LogP contribution in [0.15, 0.2) is 5.10 Å². The van der Waals surface area contributed by atoms with Gasteiger partial charge < -0.3 is 5.32 Å². The normalized spacial score (nSPS) is 33.1. The third kappa shape index (κ3) is 4.69. The molecule has 6 nitrogen and oxygen atoms in total. The van der Waals surface area contributed by atoms with Gasteiger partial charge in [-0.1, -0.05) is 20.8 Å². The van der Waals surface area contributed by atoms with Gasteiger partial charge in [0.25, 0.3) is 0 Å². The molecule has 0 aromatic rings. The Morgan fingerprint density at radius 2 is 2.00 bits per heavy atom. The molecule has 2 fully saturated rings. The Labute approximate surface area is 133 Å². The summed E-state index contributed by atoms with van der Waals surface area (Å²) in [6, 6.07) is -0.702. The molecule has 1 aliphatic heterocycles. The predicted octanol–water partition coefficient (Wildman–Crippen LogP) is 1.92. The van der Waals surface area contributed by atoms with Crippen molar-refractivity contribution in [2.75, 3.05) is 11.5 Å². The van der Waals surface area contributed by atoms with E-state index in [1.807, 2.05) is 0 Å². The van der Waals surface area contributed by atoms with Crippen LogP contribution < -0.4 is 10.7 Å². The predicted molar refractivity (Wildman–Crippen MR) is 87.5 cm³/mol. The number of sulfone groups is 1. The SMILES string of the molecule is CC1CCC(C(C)C)C(=NNC(=O)NC2CCS(=O)(=O)C2)C1. The molecule has 3 unspecified atom stereocenters. The Morgan fingerprint density at radius 3 is 2.59 bits per heavy atom. The number of carbonyl (C=O) groups excluding carboxylic acids is 1. The smallest absolute Gasteiger partial charge is 0.333 e. The Balaban J connectivity index is 1.90. The van der Waals surface area contributed by atoms with Crippen molar-refractivity contribution >= 4 is 21.6 Å². The average molecular weight is 329 g/mol. The van der Waals surface area contributed by atoms with E-state index in [0.29, 0.717) is 24.2 Å². The molecule has 1 heterocycles. The second-order valence-corrected chi connectivity index (χ2v) is 9.25. The van der Waals surface area contributed by atoms with Crippen LogP contribution in [0.4, 0.5) is 4.79 Å². The van der Waals surface area contributed by atoms with Crippen molar-refractivity contribution in [1.29, 1.82) is 0 Å². The first-order chi connectivity index (χ1) is 10.3. The highest BCUT2D eigenvalue weighted by molar-refractivity contribution is 7.91. The van der Waals surface area contributed by atoms with E-state index in [9.17, 15) is 13.2 Å². The molecule has 0 bridgehead atoms. The number of carbonyl (C=O) groups is 1. The van der Waals surface area contributed by atoms with Crippen LogP contribution in [0, 0.1) is 17.8 Å². The summed E-state index contributed by atoms with van der Waals surface area (Å²) in [5.41, 5.74) is 3.61. The minimum absolute atomic E-state index is 0.0304. The van der Waals surface area contributed by atoms with Crippen molar-refractivity contribution in [2.24, 2.45) is 22.9 Å². The first-order valence-electron chi connectivity index (χ1n) is 8.10. The lowest BCUT2D eigenvalue weighted by Gasteiger charge is -2.30. The van der Waals surface area contributed by atoms with Crippen LogP contribution in [-0.4, -0.2) is 37.7 Å². The van der Waals surface area contributed by atoms with Gasteiger partial charge in [-0.05, 0) is 37.5 Å². The Kier molecular flexibility index (Phi) is 5.47. The van der Waals surface area contributed by atoms with E-state index < -0.39 is 15.9 Å². The first kappa shape index (κ1) is 17.2. The van der Waals surface area contributed by atoms with Crippen LogP contribution in [0.5, 0.6) is 0 Å². The van der Waals surface area contributed by atoms with Crippen LogP contribution >= 0.6 is 0 Å². The van der Waals surface area contributed by atoms with Crippen molar-refractivity contribution in [3.05, 3.63) is 0 Å². The molecule has 1 saturated carbocycles. The van der Waals surface area contributed by atoms with Gasteiger partial charge in [0.15, 0.2) is 9.84 Å². The van der Waals surface area contributed by atoms with Crippen molar-refractivity contribution in [2.45, 2.75) is 52.5 Å². The fourth-order valence-corrected chi connectivity index (χ4v) is 5.01. The van der Waals surface area contributed by atoms with Crippen LogP contribution in [0.2, 0.25) is 0 Å². The number of urea groups is 1. The lowest BCUT2D eigenvalue weighted by molar-refractivity contribution is 0.238. The maximum atomic E-state index is 11.9. The van der Waals surface area contributed by atoms with E-state index in [2.05, 4.69) is 36.6 Å². The van der Waals surface area contributed by atoms with E-state index in [-0.39, 0.29) is 17.5 Å². The van der Waals surface area contributed by atoms with E-state index in [1.165, 1.54) is 6.42 Å². The van der Waals surface area contributed by atoms with Gasteiger partial charge in [-0.3, -0.25) is 0 Å². The van der Waals surface area contributed by atoms with Crippen LogP contribution in [-0.2, 0) is 9.84 Å². The Bertz CT molecular complexity index is 542. The molecule has 0 spiro atoms. The number of nitrogens with one attached hydrogen (secondary N) is 2. The summed E-state index contributed by atoms with van der Waals surface area (Å²) < 4.78 is 22.8.